The van der Waals surface area contributed by atoms with Crippen LogP contribution in [0.25, 0.3) is 11.3 Å². The van der Waals surface area contributed by atoms with Crippen molar-refractivity contribution in [1.29, 1.82) is 0 Å². The number of unbranched alkanes of at least 4 members (excludes halogenated alkanes) is 6. The maximum atomic E-state index is 13.9. The lowest BCUT2D eigenvalue weighted by Gasteiger charge is -2.09. The number of benzene rings is 1. The predicted molar refractivity (Wildman–Crippen MR) is 126 cm³/mol. The molecule has 1 unspecified atom stereocenters. The van der Waals surface area contributed by atoms with Crippen molar-refractivity contribution in [2.45, 2.75) is 97.1 Å². The first kappa shape index (κ1) is 24.4. The van der Waals surface area contributed by atoms with E-state index in [2.05, 4.69) is 43.1 Å². The zero-order valence-electron chi connectivity index (χ0n) is 19.0. The van der Waals surface area contributed by atoms with Crippen molar-refractivity contribution >= 4 is 0 Å². The standard InChI is InChI=1S/C27H40FNO/c1-3-5-7-8-10-21-30-26-18-16-24(17-19-26)27-20-15-23(22-29-27)12-11-14-25(28)13-9-6-4-2/h15-20,22,25H,3-14,21H2,1-2H3. The Labute approximate surface area is 183 Å². The molecule has 0 radical (unpaired) electrons. The molecule has 166 valence electrons. The molecule has 3 heteroatoms. The monoisotopic (exact) mass is 413 g/mol. The molecule has 0 N–H and O–H groups in total. The van der Waals surface area contributed by atoms with Gasteiger partial charge in [0.1, 0.15) is 11.9 Å². The highest BCUT2D eigenvalue weighted by molar-refractivity contribution is 5.60. The summed E-state index contributed by atoms with van der Waals surface area (Å²) >= 11 is 0. The minimum absolute atomic E-state index is 0.652. The first-order valence-corrected chi connectivity index (χ1v) is 12.0. The quantitative estimate of drug-likeness (QED) is 0.258. The summed E-state index contributed by atoms with van der Waals surface area (Å²) in [5.74, 6) is 0.922. The van der Waals surface area contributed by atoms with E-state index >= 15 is 0 Å². The summed E-state index contributed by atoms with van der Waals surface area (Å²) in [5, 5.41) is 0. The smallest absolute Gasteiger partial charge is 0.119 e. The second-order valence-electron chi connectivity index (χ2n) is 8.32. The van der Waals surface area contributed by atoms with Gasteiger partial charge in [-0.3, -0.25) is 4.98 Å². The van der Waals surface area contributed by atoms with Crippen molar-refractivity contribution in [3.63, 3.8) is 0 Å². The van der Waals surface area contributed by atoms with Gasteiger partial charge in [0.25, 0.3) is 0 Å². The van der Waals surface area contributed by atoms with Gasteiger partial charge in [-0.15, -0.1) is 0 Å². The third-order valence-corrected chi connectivity index (χ3v) is 5.60. The molecule has 0 spiro atoms. The van der Waals surface area contributed by atoms with Gasteiger partial charge in [0.2, 0.25) is 0 Å². The Morgan fingerprint density at radius 2 is 1.50 bits per heavy atom. The summed E-state index contributed by atoms with van der Waals surface area (Å²) in [6.07, 6.45) is 14.0. The van der Waals surface area contributed by atoms with Crippen LogP contribution in [0.2, 0.25) is 0 Å². The molecule has 0 fully saturated rings. The summed E-state index contributed by atoms with van der Waals surface area (Å²) < 4.78 is 19.7. The number of rotatable bonds is 16. The molecule has 2 nitrogen and oxygen atoms in total. The zero-order chi connectivity index (χ0) is 21.4. The third-order valence-electron chi connectivity index (χ3n) is 5.60. The van der Waals surface area contributed by atoms with Crippen molar-refractivity contribution < 1.29 is 9.13 Å². The van der Waals surface area contributed by atoms with Crippen LogP contribution in [0.1, 0.15) is 90.0 Å². The maximum absolute atomic E-state index is 13.9. The largest absolute Gasteiger partial charge is 0.494 e. The summed E-state index contributed by atoms with van der Waals surface area (Å²) in [7, 11) is 0. The van der Waals surface area contributed by atoms with Crippen molar-refractivity contribution in [3.05, 3.63) is 48.2 Å². The summed E-state index contributed by atoms with van der Waals surface area (Å²) in [6.45, 7) is 5.18. The molecule has 0 aliphatic heterocycles. The van der Waals surface area contributed by atoms with E-state index in [4.69, 9.17) is 4.74 Å². The van der Waals surface area contributed by atoms with Crippen LogP contribution in [-0.4, -0.2) is 17.8 Å². The first-order valence-electron chi connectivity index (χ1n) is 12.0. The van der Waals surface area contributed by atoms with E-state index in [-0.39, 0.29) is 0 Å². The number of halogens is 1. The van der Waals surface area contributed by atoms with Gasteiger partial charge >= 0.3 is 0 Å². The predicted octanol–water partition coefficient (Wildman–Crippen LogP) is 8.34. The molecule has 30 heavy (non-hydrogen) atoms. The van der Waals surface area contributed by atoms with Crippen LogP contribution in [0.15, 0.2) is 42.6 Å². The van der Waals surface area contributed by atoms with Gasteiger partial charge < -0.3 is 4.74 Å². The number of nitrogens with zero attached hydrogens (tertiary/aromatic N) is 1. The molecule has 0 aliphatic rings. The Morgan fingerprint density at radius 1 is 0.800 bits per heavy atom. The van der Waals surface area contributed by atoms with Gasteiger partial charge in [0.05, 0.1) is 12.3 Å². The average molecular weight is 414 g/mol. The molecular formula is C27H40FNO. The fourth-order valence-corrected chi connectivity index (χ4v) is 3.65. The molecule has 1 heterocycles. The lowest BCUT2D eigenvalue weighted by atomic mass is 10.0. The van der Waals surface area contributed by atoms with E-state index in [0.717, 1.165) is 62.1 Å². The van der Waals surface area contributed by atoms with E-state index in [0.29, 0.717) is 12.8 Å². The van der Waals surface area contributed by atoms with Crippen LogP contribution < -0.4 is 4.74 Å². The molecule has 0 amide bonds. The fraction of sp³-hybridized carbons (Fsp3) is 0.593. The maximum Gasteiger partial charge on any atom is 0.119 e. The van der Waals surface area contributed by atoms with Crippen LogP contribution in [0.3, 0.4) is 0 Å². The van der Waals surface area contributed by atoms with Crippen molar-refractivity contribution in [2.75, 3.05) is 6.61 Å². The van der Waals surface area contributed by atoms with Gasteiger partial charge in [0.15, 0.2) is 0 Å². The number of aromatic nitrogens is 1. The minimum Gasteiger partial charge on any atom is -0.494 e. The van der Waals surface area contributed by atoms with Crippen molar-refractivity contribution in [2.24, 2.45) is 0 Å². The first-order chi connectivity index (χ1) is 14.7. The van der Waals surface area contributed by atoms with Gasteiger partial charge in [-0.2, -0.15) is 0 Å². The second kappa shape index (κ2) is 15.0. The molecule has 0 saturated carbocycles. The Morgan fingerprint density at radius 3 is 2.20 bits per heavy atom. The lowest BCUT2D eigenvalue weighted by molar-refractivity contribution is 0.283. The molecule has 2 aromatic rings. The Kier molecular flexibility index (Phi) is 12.2. The average Bonchev–Trinajstić information content (AvgIpc) is 2.77. The van der Waals surface area contributed by atoms with E-state index in [9.17, 15) is 4.39 Å². The highest BCUT2D eigenvalue weighted by Crippen LogP contribution is 2.22. The number of pyridine rings is 1. The number of alkyl halides is 1. The van der Waals surface area contributed by atoms with Gasteiger partial charge in [0, 0.05) is 11.8 Å². The lowest BCUT2D eigenvalue weighted by Crippen LogP contribution is -2.01. The molecule has 0 saturated heterocycles. The van der Waals surface area contributed by atoms with Crippen molar-refractivity contribution in [1.82, 2.24) is 4.98 Å². The molecule has 0 aliphatic carbocycles. The van der Waals surface area contributed by atoms with Crippen LogP contribution >= 0.6 is 0 Å². The van der Waals surface area contributed by atoms with Gasteiger partial charge in [-0.1, -0.05) is 64.9 Å². The van der Waals surface area contributed by atoms with Gasteiger partial charge in [-0.25, -0.2) is 4.39 Å². The minimum atomic E-state index is -0.652. The summed E-state index contributed by atoms with van der Waals surface area (Å²) in [4.78, 5) is 4.61. The van der Waals surface area contributed by atoms with Crippen LogP contribution in [0.5, 0.6) is 5.75 Å². The summed E-state index contributed by atoms with van der Waals surface area (Å²) in [6, 6.07) is 12.4. The Bertz CT molecular complexity index is 668. The fourth-order valence-electron chi connectivity index (χ4n) is 3.65. The van der Waals surface area contributed by atoms with E-state index in [1.54, 1.807) is 0 Å². The van der Waals surface area contributed by atoms with E-state index in [1.807, 2.05) is 18.3 Å². The third kappa shape index (κ3) is 9.73. The van der Waals surface area contributed by atoms with Crippen molar-refractivity contribution in [3.8, 4) is 17.0 Å². The van der Waals surface area contributed by atoms with Crippen LogP contribution in [0, 0.1) is 0 Å². The highest BCUT2D eigenvalue weighted by Gasteiger charge is 2.07. The summed E-state index contributed by atoms with van der Waals surface area (Å²) in [5.41, 5.74) is 3.24. The van der Waals surface area contributed by atoms with Gasteiger partial charge in [-0.05, 0) is 68.0 Å². The Balaban J connectivity index is 1.71. The molecular weight excluding hydrogens is 373 g/mol. The Hall–Kier alpha value is -1.90. The highest BCUT2D eigenvalue weighted by atomic mass is 19.1. The van der Waals surface area contributed by atoms with Crippen LogP contribution in [0.4, 0.5) is 4.39 Å². The normalized spacial score (nSPS) is 12.1. The number of aryl methyl sites for hydroxylation is 1. The molecule has 2 rings (SSSR count). The molecule has 1 atom stereocenters. The SMILES string of the molecule is CCCCCCCOc1ccc(-c2ccc(CCCC(F)CCCCC)cn2)cc1. The topological polar surface area (TPSA) is 22.1 Å². The zero-order valence-corrected chi connectivity index (χ0v) is 19.0. The van der Waals surface area contributed by atoms with Crippen LogP contribution in [-0.2, 0) is 6.42 Å². The molecule has 0 bridgehead atoms. The molecule has 1 aromatic heterocycles. The molecule has 1 aromatic carbocycles. The van der Waals surface area contributed by atoms with E-state index < -0.39 is 6.17 Å². The number of hydrogen-bond acceptors (Lipinski definition) is 2. The second-order valence-corrected chi connectivity index (χ2v) is 8.32. The number of hydrogen-bond donors (Lipinski definition) is 0. The van der Waals surface area contributed by atoms with E-state index in [1.165, 1.54) is 31.2 Å². The number of ether oxygens (including phenoxy) is 1.